The van der Waals surface area contributed by atoms with Gasteiger partial charge in [-0.3, -0.25) is 4.79 Å². The fourth-order valence-electron chi connectivity index (χ4n) is 3.92. The van der Waals surface area contributed by atoms with Crippen molar-refractivity contribution in [3.8, 4) is 0 Å². The summed E-state index contributed by atoms with van der Waals surface area (Å²) in [6.07, 6.45) is 3.63. The highest BCUT2D eigenvalue weighted by molar-refractivity contribution is 5.90. The first kappa shape index (κ1) is 26.9. The van der Waals surface area contributed by atoms with Crippen molar-refractivity contribution in [3.63, 3.8) is 0 Å². The summed E-state index contributed by atoms with van der Waals surface area (Å²) in [5.41, 5.74) is 4.14. The average Bonchev–Trinajstić information content (AvgIpc) is 2.88. The number of rotatable bonds is 11. The van der Waals surface area contributed by atoms with Crippen molar-refractivity contribution in [1.82, 2.24) is 0 Å². The molecule has 0 aliphatic carbocycles. The van der Waals surface area contributed by atoms with Gasteiger partial charge in [-0.05, 0) is 59.1 Å². The monoisotopic (exact) mass is 484 g/mol. The third kappa shape index (κ3) is 8.23. The van der Waals surface area contributed by atoms with Crippen LogP contribution in [0, 0.1) is 5.92 Å². The van der Waals surface area contributed by atoms with E-state index >= 15 is 0 Å². The molecule has 4 nitrogen and oxygen atoms in total. The second-order valence-electron chi connectivity index (χ2n) is 10.1. The quantitative estimate of drug-likeness (QED) is 0.213. The number of allylic oxidation sites excluding steroid dienone is 1. The molecule has 0 bridgehead atoms. The highest BCUT2D eigenvalue weighted by Crippen LogP contribution is 2.27. The number of carbonyl (C=O) groups excluding carboxylic acids is 2. The van der Waals surface area contributed by atoms with Gasteiger partial charge in [-0.25, -0.2) is 4.79 Å². The molecule has 0 aromatic heterocycles. The van der Waals surface area contributed by atoms with Crippen molar-refractivity contribution in [1.29, 1.82) is 0 Å². The summed E-state index contributed by atoms with van der Waals surface area (Å²) < 4.78 is 11.3. The van der Waals surface area contributed by atoms with Gasteiger partial charge in [-0.1, -0.05) is 93.6 Å². The second-order valence-corrected chi connectivity index (χ2v) is 10.1. The summed E-state index contributed by atoms with van der Waals surface area (Å²) in [5, 5.41) is 0. The maximum Gasteiger partial charge on any atom is 0.338 e. The Hall–Kier alpha value is -3.66. The van der Waals surface area contributed by atoms with E-state index in [0.29, 0.717) is 24.8 Å². The Morgan fingerprint density at radius 1 is 0.833 bits per heavy atom. The Morgan fingerprint density at radius 3 is 1.97 bits per heavy atom. The molecule has 1 atom stereocenters. The molecule has 0 spiro atoms. The number of esters is 2. The van der Waals surface area contributed by atoms with Gasteiger partial charge >= 0.3 is 11.9 Å². The van der Waals surface area contributed by atoms with E-state index in [4.69, 9.17) is 9.47 Å². The number of hydrogen-bond donors (Lipinski definition) is 0. The highest BCUT2D eigenvalue weighted by atomic mass is 16.5. The predicted octanol–water partition coefficient (Wildman–Crippen LogP) is 7.21. The lowest BCUT2D eigenvalue weighted by atomic mass is 9.83. The predicted molar refractivity (Wildman–Crippen MR) is 144 cm³/mol. The zero-order valence-corrected chi connectivity index (χ0v) is 21.5. The van der Waals surface area contributed by atoms with Gasteiger partial charge in [0.05, 0.1) is 11.5 Å². The summed E-state index contributed by atoms with van der Waals surface area (Å²) in [4.78, 5) is 26.0. The average molecular weight is 485 g/mol. The Labute approximate surface area is 215 Å². The van der Waals surface area contributed by atoms with Crippen molar-refractivity contribution in [2.45, 2.75) is 58.7 Å². The van der Waals surface area contributed by atoms with Crippen molar-refractivity contribution in [2.75, 3.05) is 0 Å². The first-order valence-corrected chi connectivity index (χ1v) is 12.4. The van der Waals surface area contributed by atoms with Gasteiger partial charge in [0.25, 0.3) is 0 Å². The largest absolute Gasteiger partial charge is 0.461 e. The normalized spacial score (nSPS) is 12.0. The minimum Gasteiger partial charge on any atom is -0.461 e. The smallest absolute Gasteiger partial charge is 0.338 e. The lowest BCUT2D eigenvalue weighted by Crippen LogP contribution is -2.21. The number of ether oxygens (including phenoxy) is 2. The molecule has 0 fully saturated rings. The molecule has 3 aromatic rings. The van der Waals surface area contributed by atoms with Crippen LogP contribution in [0.2, 0.25) is 0 Å². The van der Waals surface area contributed by atoms with E-state index in [0.717, 1.165) is 22.3 Å². The van der Waals surface area contributed by atoms with Gasteiger partial charge in [0.1, 0.15) is 13.2 Å². The Balaban J connectivity index is 1.79. The molecule has 0 heterocycles. The first-order chi connectivity index (χ1) is 17.3. The SMILES string of the molecule is C=CCCC(Cc1cc(C(=O)OCc2ccccc2)cc(C(C)(C)C)c1)C(=O)OCc1ccccc1. The van der Waals surface area contributed by atoms with E-state index in [2.05, 4.69) is 33.4 Å². The molecule has 36 heavy (non-hydrogen) atoms. The van der Waals surface area contributed by atoms with Crippen molar-refractivity contribution >= 4 is 11.9 Å². The van der Waals surface area contributed by atoms with Crippen molar-refractivity contribution in [3.05, 3.63) is 119 Å². The maximum atomic E-state index is 13.0. The minimum absolute atomic E-state index is 0.172. The van der Waals surface area contributed by atoms with Crippen LogP contribution in [0.4, 0.5) is 0 Å². The molecule has 0 N–H and O–H groups in total. The summed E-state index contributed by atoms with van der Waals surface area (Å²) in [6.45, 7) is 10.6. The van der Waals surface area contributed by atoms with Crippen LogP contribution in [0.1, 0.15) is 66.2 Å². The summed E-state index contributed by atoms with van der Waals surface area (Å²) in [7, 11) is 0. The van der Waals surface area contributed by atoms with Gasteiger partial charge in [0.2, 0.25) is 0 Å². The molecule has 0 aliphatic rings. The molecule has 1 unspecified atom stereocenters. The van der Waals surface area contributed by atoms with Crippen LogP contribution in [0.25, 0.3) is 0 Å². The lowest BCUT2D eigenvalue weighted by Gasteiger charge is -2.22. The summed E-state index contributed by atoms with van der Waals surface area (Å²) in [6, 6.07) is 25.1. The van der Waals surface area contributed by atoms with E-state index in [1.165, 1.54) is 0 Å². The number of carbonyl (C=O) groups is 2. The minimum atomic E-state index is -0.375. The van der Waals surface area contributed by atoms with Crippen LogP contribution >= 0.6 is 0 Å². The van der Waals surface area contributed by atoms with Gasteiger partial charge < -0.3 is 9.47 Å². The van der Waals surface area contributed by atoms with Gasteiger partial charge in [0.15, 0.2) is 0 Å². The van der Waals surface area contributed by atoms with E-state index in [-0.39, 0.29) is 36.5 Å². The summed E-state index contributed by atoms with van der Waals surface area (Å²) >= 11 is 0. The molecule has 188 valence electrons. The molecule has 3 rings (SSSR count). The van der Waals surface area contributed by atoms with Crippen LogP contribution in [-0.4, -0.2) is 11.9 Å². The topological polar surface area (TPSA) is 52.6 Å². The Morgan fingerprint density at radius 2 is 1.42 bits per heavy atom. The number of hydrogen-bond acceptors (Lipinski definition) is 4. The molecular weight excluding hydrogens is 448 g/mol. The van der Waals surface area contributed by atoms with E-state index in [9.17, 15) is 9.59 Å². The molecule has 0 amide bonds. The van der Waals surface area contributed by atoms with Crippen LogP contribution < -0.4 is 0 Å². The van der Waals surface area contributed by atoms with Crippen molar-refractivity contribution < 1.29 is 19.1 Å². The van der Waals surface area contributed by atoms with Crippen LogP contribution in [-0.2, 0) is 39.3 Å². The first-order valence-electron chi connectivity index (χ1n) is 12.4. The maximum absolute atomic E-state index is 13.0. The van der Waals surface area contributed by atoms with Crippen LogP contribution in [0.15, 0.2) is 91.5 Å². The standard InChI is InChI=1S/C32H36O4/c1-5-6-17-27(30(33)35-22-24-13-9-7-10-14-24)18-26-19-28(21-29(20-26)32(2,3)4)31(34)36-23-25-15-11-8-12-16-25/h5,7-16,19-21,27H,1,6,17-18,22-23H2,2-4H3. The van der Waals surface area contributed by atoms with Crippen LogP contribution in [0.3, 0.4) is 0 Å². The molecule has 0 radical (unpaired) electrons. The lowest BCUT2D eigenvalue weighted by molar-refractivity contribution is -0.150. The number of benzene rings is 3. The Bertz CT molecular complexity index is 1140. The third-order valence-electron chi connectivity index (χ3n) is 6.07. The zero-order valence-electron chi connectivity index (χ0n) is 21.5. The molecule has 0 saturated carbocycles. The third-order valence-corrected chi connectivity index (χ3v) is 6.07. The molecule has 0 aliphatic heterocycles. The van der Waals surface area contributed by atoms with Gasteiger partial charge in [-0.2, -0.15) is 0 Å². The molecule has 4 heteroatoms. The zero-order chi connectivity index (χ0) is 26.0. The van der Waals surface area contributed by atoms with E-state index in [1.54, 1.807) is 0 Å². The molecule has 3 aromatic carbocycles. The molecule has 0 saturated heterocycles. The fourth-order valence-corrected chi connectivity index (χ4v) is 3.92. The van der Waals surface area contributed by atoms with E-state index in [1.807, 2.05) is 78.9 Å². The van der Waals surface area contributed by atoms with Gasteiger partial charge in [0, 0.05) is 0 Å². The van der Waals surface area contributed by atoms with E-state index < -0.39 is 0 Å². The van der Waals surface area contributed by atoms with Crippen LogP contribution in [0.5, 0.6) is 0 Å². The second kappa shape index (κ2) is 12.9. The summed E-state index contributed by atoms with van der Waals surface area (Å²) in [5.74, 6) is -0.953. The van der Waals surface area contributed by atoms with Crippen molar-refractivity contribution in [2.24, 2.45) is 5.92 Å². The molecular formula is C32H36O4. The van der Waals surface area contributed by atoms with Gasteiger partial charge in [-0.15, -0.1) is 6.58 Å². The Kier molecular flexibility index (Phi) is 9.63. The highest BCUT2D eigenvalue weighted by Gasteiger charge is 2.23. The fraction of sp³-hybridized carbons (Fsp3) is 0.312.